The van der Waals surface area contributed by atoms with Crippen molar-refractivity contribution in [2.24, 2.45) is 0 Å². The van der Waals surface area contributed by atoms with Crippen LogP contribution in [0.2, 0.25) is 0 Å². The zero-order chi connectivity index (χ0) is 22.2. The number of aliphatic hydroxyl groups excluding tert-OH is 5. The van der Waals surface area contributed by atoms with E-state index in [4.69, 9.17) is 13.9 Å². The average molecular weight is 426 g/mol. The van der Waals surface area contributed by atoms with Crippen LogP contribution in [0.3, 0.4) is 0 Å². The van der Waals surface area contributed by atoms with Gasteiger partial charge >= 0.3 is 5.63 Å². The number of hydrogen-bond donors (Lipinski definition) is 6. The molecule has 0 radical (unpaired) electrons. The molecule has 1 fully saturated rings. The van der Waals surface area contributed by atoms with E-state index in [1.807, 2.05) is 0 Å². The van der Waals surface area contributed by atoms with Crippen LogP contribution >= 0.6 is 0 Å². The number of benzene rings is 1. The van der Waals surface area contributed by atoms with Crippen molar-refractivity contribution in [1.82, 2.24) is 0 Å². The molecule has 0 aliphatic carbocycles. The molecular formula is C20H26O10. The van der Waals surface area contributed by atoms with E-state index in [1.54, 1.807) is 6.07 Å². The molecule has 1 aromatic carbocycles. The van der Waals surface area contributed by atoms with Crippen LogP contribution in [-0.2, 0) is 15.9 Å². The fourth-order valence-electron chi connectivity index (χ4n) is 3.31. The van der Waals surface area contributed by atoms with Crippen LogP contribution < -0.4 is 5.63 Å². The van der Waals surface area contributed by atoms with Crippen LogP contribution in [0.4, 0.5) is 0 Å². The Morgan fingerprint density at radius 1 is 1.13 bits per heavy atom. The fourth-order valence-corrected chi connectivity index (χ4v) is 3.31. The first-order valence-corrected chi connectivity index (χ1v) is 9.45. The number of ether oxygens (including phenoxy) is 2. The second-order valence-corrected chi connectivity index (χ2v) is 7.91. The van der Waals surface area contributed by atoms with Crippen molar-refractivity contribution in [2.45, 2.75) is 62.7 Å². The van der Waals surface area contributed by atoms with Crippen molar-refractivity contribution >= 4 is 11.0 Å². The van der Waals surface area contributed by atoms with Gasteiger partial charge in [0.2, 0.25) is 0 Å². The number of fused-ring (bicyclic) bond motifs is 1. The molecule has 6 atom stereocenters. The van der Waals surface area contributed by atoms with Gasteiger partial charge in [0.05, 0.1) is 18.3 Å². The molecule has 0 unspecified atom stereocenters. The van der Waals surface area contributed by atoms with Gasteiger partial charge in [-0.3, -0.25) is 0 Å². The van der Waals surface area contributed by atoms with Gasteiger partial charge in [0.25, 0.3) is 0 Å². The van der Waals surface area contributed by atoms with Gasteiger partial charge in [-0.05, 0) is 31.5 Å². The first-order valence-electron chi connectivity index (χ1n) is 9.45. The number of rotatable bonds is 6. The number of phenols is 1. The Labute approximate surface area is 171 Å². The second-order valence-electron chi connectivity index (χ2n) is 7.91. The lowest BCUT2D eigenvalue weighted by Crippen LogP contribution is -2.61. The van der Waals surface area contributed by atoms with Crippen molar-refractivity contribution < 1.29 is 44.5 Å². The number of aromatic hydroxyl groups is 1. The molecule has 0 bridgehead atoms. The Morgan fingerprint density at radius 2 is 1.83 bits per heavy atom. The summed E-state index contributed by atoms with van der Waals surface area (Å²) in [6, 6.07) is 5.63. The first-order chi connectivity index (χ1) is 14.0. The Morgan fingerprint density at radius 3 is 2.50 bits per heavy atom. The summed E-state index contributed by atoms with van der Waals surface area (Å²) in [6.45, 7) is 2.45. The van der Waals surface area contributed by atoms with Crippen molar-refractivity contribution in [3.05, 3.63) is 40.2 Å². The summed E-state index contributed by atoms with van der Waals surface area (Å²) < 4.78 is 16.0. The van der Waals surface area contributed by atoms with Crippen molar-refractivity contribution in [2.75, 3.05) is 6.61 Å². The first kappa shape index (κ1) is 22.6. The largest absolute Gasteiger partial charge is 0.508 e. The van der Waals surface area contributed by atoms with Gasteiger partial charge in [-0.25, -0.2) is 4.79 Å². The summed E-state index contributed by atoms with van der Waals surface area (Å²) in [5, 5.41) is 60.7. The van der Waals surface area contributed by atoms with Gasteiger partial charge in [0, 0.05) is 23.9 Å². The van der Waals surface area contributed by atoms with Crippen LogP contribution in [0.25, 0.3) is 11.0 Å². The summed E-state index contributed by atoms with van der Waals surface area (Å²) >= 11 is 0. The molecule has 1 saturated heterocycles. The zero-order valence-corrected chi connectivity index (χ0v) is 16.5. The Hall–Kier alpha value is -2.05. The monoisotopic (exact) mass is 426 g/mol. The predicted octanol–water partition coefficient (Wildman–Crippen LogP) is -1.00. The highest BCUT2D eigenvalue weighted by Crippen LogP contribution is 2.31. The van der Waals surface area contributed by atoms with E-state index in [2.05, 4.69) is 0 Å². The van der Waals surface area contributed by atoms with E-state index in [1.165, 1.54) is 32.0 Å². The fraction of sp³-hybridized carbons (Fsp3) is 0.550. The molecule has 10 heteroatoms. The molecule has 6 N–H and O–H groups in total. The molecule has 30 heavy (non-hydrogen) atoms. The molecule has 10 nitrogen and oxygen atoms in total. The third-order valence-electron chi connectivity index (χ3n) is 5.30. The summed E-state index contributed by atoms with van der Waals surface area (Å²) in [6.07, 6.45) is -8.52. The highest BCUT2D eigenvalue weighted by Gasteiger charge is 2.46. The molecule has 2 heterocycles. The lowest BCUT2D eigenvalue weighted by atomic mass is 9.93. The van der Waals surface area contributed by atoms with Gasteiger partial charge in [-0.2, -0.15) is 0 Å². The normalized spacial score (nSPS) is 28.6. The van der Waals surface area contributed by atoms with Crippen LogP contribution in [0.1, 0.15) is 19.4 Å². The summed E-state index contributed by atoms with van der Waals surface area (Å²) in [5.41, 5.74) is -1.30. The van der Waals surface area contributed by atoms with E-state index in [0.717, 1.165) is 0 Å². The highest BCUT2D eigenvalue weighted by molar-refractivity contribution is 5.79. The van der Waals surface area contributed by atoms with Gasteiger partial charge in [-0.1, -0.05) is 0 Å². The lowest BCUT2D eigenvalue weighted by Gasteiger charge is -2.43. The quantitative estimate of drug-likeness (QED) is 0.315. The maximum Gasteiger partial charge on any atom is 0.336 e. The van der Waals surface area contributed by atoms with E-state index in [9.17, 15) is 35.4 Å². The number of aliphatic hydroxyl groups is 5. The third kappa shape index (κ3) is 4.49. The summed E-state index contributed by atoms with van der Waals surface area (Å²) in [4.78, 5) is 11.3. The molecule has 166 valence electrons. The minimum absolute atomic E-state index is 0.0503. The lowest BCUT2D eigenvalue weighted by molar-refractivity contribution is -0.331. The van der Waals surface area contributed by atoms with Gasteiger partial charge in [0.1, 0.15) is 35.7 Å². The highest BCUT2D eigenvalue weighted by atomic mass is 16.7. The minimum Gasteiger partial charge on any atom is -0.508 e. The molecule has 1 aromatic heterocycles. The van der Waals surface area contributed by atoms with E-state index >= 15 is 0 Å². The minimum atomic E-state index is -1.61. The number of hydrogen-bond acceptors (Lipinski definition) is 10. The Kier molecular flexibility index (Phi) is 6.48. The van der Waals surface area contributed by atoms with Crippen LogP contribution in [-0.4, -0.2) is 79.7 Å². The number of phenolic OH excluding ortho intramolecular Hbond substituents is 1. The maximum atomic E-state index is 11.3. The predicted molar refractivity (Wildman–Crippen MR) is 103 cm³/mol. The van der Waals surface area contributed by atoms with Crippen molar-refractivity contribution in [3.63, 3.8) is 0 Å². The Bertz CT molecular complexity index is 937. The molecule has 0 saturated carbocycles. The van der Waals surface area contributed by atoms with Gasteiger partial charge in [0.15, 0.2) is 6.29 Å². The maximum absolute atomic E-state index is 11.3. The van der Waals surface area contributed by atoms with Crippen LogP contribution in [0.5, 0.6) is 5.75 Å². The van der Waals surface area contributed by atoms with Gasteiger partial charge in [-0.15, -0.1) is 0 Å². The SMILES string of the molecule is CC(C)(O[C@@H]1O[C@H](CO)[C@@H](O)[C@H](O)[C@H]1O)[C@H](O)Cc1cc2ccc(=O)oc2cc1O. The summed E-state index contributed by atoms with van der Waals surface area (Å²) in [5.74, 6) is -0.181. The molecule has 1 aliphatic heterocycles. The van der Waals surface area contributed by atoms with Crippen LogP contribution in [0, 0.1) is 0 Å². The molecule has 2 aromatic rings. The standard InChI is InChI=1S/C20H26O10/c1-20(2,30-19-18(27)17(26)16(25)13(8-21)29-19)14(23)6-10-5-9-3-4-15(24)28-12(9)7-11(10)22/h3-5,7,13-14,16-19,21-23,25-27H,6,8H2,1-2H3/t13-,14-,16-,17+,18-,19+/m1/s1. The summed E-state index contributed by atoms with van der Waals surface area (Å²) in [7, 11) is 0. The van der Waals surface area contributed by atoms with E-state index in [-0.39, 0.29) is 17.8 Å². The smallest absolute Gasteiger partial charge is 0.336 e. The topological polar surface area (TPSA) is 170 Å². The third-order valence-corrected chi connectivity index (χ3v) is 5.30. The molecular weight excluding hydrogens is 400 g/mol. The average Bonchev–Trinajstić information content (AvgIpc) is 2.69. The molecule has 1 aliphatic rings. The van der Waals surface area contributed by atoms with Gasteiger partial charge < -0.3 is 44.5 Å². The van der Waals surface area contributed by atoms with Crippen molar-refractivity contribution in [1.29, 1.82) is 0 Å². The zero-order valence-electron chi connectivity index (χ0n) is 16.5. The van der Waals surface area contributed by atoms with E-state index in [0.29, 0.717) is 10.9 Å². The molecule has 0 spiro atoms. The molecule has 3 rings (SSSR count). The Balaban J connectivity index is 1.76. The van der Waals surface area contributed by atoms with Crippen LogP contribution in [0.15, 0.2) is 33.5 Å². The van der Waals surface area contributed by atoms with Crippen molar-refractivity contribution in [3.8, 4) is 5.75 Å². The van der Waals surface area contributed by atoms with E-state index < -0.39 is 54.6 Å². The molecule has 0 amide bonds. The second kappa shape index (κ2) is 8.60.